The van der Waals surface area contributed by atoms with Crippen molar-refractivity contribution in [3.05, 3.63) is 41.4 Å². The normalized spacial score (nSPS) is 15.9. The molecule has 1 aliphatic heterocycles. The Morgan fingerprint density at radius 3 is 2.72 bits per heavy atom. The number of benzene rings is 1. The molecule has 2 heterocycles. The lowest BCUT2D eigenvalue weighted by Crippen LogP contribution is -2.49. The van der Waals surface area contributed by atoms with Crippen molar-refractivity contribution in [1.29, 1.82) is 0 Å². The average molecular weight is 360 g/mol. The molecule has 1 fully saturated rings. The number of carbonyl (C=O) groups is 1. The molecule has 6 nitrogen and oxygen atoms in total. The summed E-state index contributed by atoms with van der Waals surface area (Å²) in [6.45, 7) is 7.80. The smallest absolute Gasteiger partial charge is 0.240 e. The molecule has 1 aromatic heterocycles. The molecule has 0 saturated carbocycles. The van der Waals surface area contributed by atoms with Gasteiger partial charge in [0.2, 0.25) is 5.91 Å². The summed E-state index contributed by atoms with van der Waals surface area (Å²) in [7, 11) is 0. The van der Waals surface area contributed by atoms with Gasteiger partial charge in [-0.25, -0.2) is 4.98 Å². The van der Waals surface area contributed by atoms with Crippen LogP contribution in [0.5, 0.6) is 5.75 Å². The van der Waals surface area contributed by atoms with Crippen LogP contribution in [0.2, 0.25) is 0 Å². The molecule has 2 aromatic rings. The Balaban J connectivity index is 1.33. The number of hydrogen-bond donors (Lipinski definition) is 1. The van der Waals surface area contributed by atoms with E-state index < -0.39 is 0 Å². The van der Waals surface area contributed by atoms with E-state index in [2.05, 4.69) is 33.1 Å². The standard InChI is InChI=1S/C18H24N4O2S/c1-15-4-2-3-5-16(15)24-12-11-21-7-9-22(10-8-21)14-17(23)20-18-19-6-13-25-18/h2-6,13H,7-12,14H2,1H3,(H,19,20,23). The molecule has 3 rings (SSSR count). The van der Waals surface area contributed by atoms with Crippen molar-refractivity contribution in [2.24, 2.45) is 0 Å². The van der Waals surface area contributed by atoms with E-state index in [4.69, 9.17) is 4.74 Å². The molecule has 1 aliphatic rings. The molecule has 1 amide bonds. The molecule has 1 saturated heterocycles. The Morgan fingerprint density at radius 2 is 2.00 bits per heavy atom. The van der Waals surface area contributed by atoms with Crippen molar-refractivity contribution in [3.8, 4) is 5.75 Å². The number of thiazole rings is 1. The molecule has 0 aliphatic carbocycles. The fourth-order valence-corrected chi connectivity index (χ4v) is 3.37. The van der Waals surface area contributed by atoms with Crippen LogP contribution in [0.15, 0.2) is 35.8 Å². The van der Waals surface area contributed by atoms with E-state index in [0.29, 0.717) is 18.3 Å². The molecule has 25 heavy (non-hydrogen) atoms. The topological polar surface area (TPSA) is 57.7 Å². The van der Waals surface area contributed by atoms with Crippen molar-refractivity contribution >= 4 is 22.4 Å². The highest BCUT2D eigenvalue weighted by atomic mass is 32.1. The summed E-state index contributed by atoms with van der Waals surface area (Å²) >= 11 is 1.44. The molecule has 0 bridgehead atoms. The zero-order valence-corrected chi connectivity index (χ0v) is 15.3. The second-order valence-electron chi connectivity index (χ2n) is 6.12. The van der Waals surface area contributed by atoms with E-state index >= 15 is 0 Å². The van der Waals surface area contributed by atoms with Crippen LogP contribution in [-0.4, -0.2) is 66.6 Å². The van der Waals surface area contributed by atoms with Crippen LogP contribution in [0.4, 0.5) is 5.13 Å². The number of hydrogen-bond acceptors (Lipinski definition) is 6. The van der Waals surface area contributed by atoms with Gasteiger partial charge in [0.05, 0.1) is 6.54 Å². The fourth-order valence-electron chi connectivity index (χ4n) is 2.82. The summed E-state index contributed by atoms with van der Waals surface area (Å²) in [6.07, 6.45) is 1.69. The van der Waals surface area contributed by atoms with Gasteiger partial charge in [0, 0.05) is 44.3 Å². The molecule has 134 valence electrons. The Kier molecular flexibility index (Phi) is 6.38. The first-order valence-corrected chi connectivity index (χ1v) is 9.41. The van der Waals surface area contributed by atoms with E-state index in [-0.39, 0.29) is 5.91 Å². The molecule has 0 spiro atoms. The number of anilines is 1. The van der Waals surface area contributed by atoms with Crippen molar-refractivity contribution in [2.45, 2.75) is 6.92 Å². The molecular formula is C18H24N4O2S. The zero-order valence-electron chi connectivity index (χ0n) is 14.5. The van der Waals surface area contributed by atoms with Crippen LogP contribution in [0.1, 0.15) is 5.56 Å². The summed E-state index contributed by atoms with van der Waals surface area (Å²) in [6, 6.07) is 8.09. The van der Waals surface area contributed by atoms with Gasteiger partial charge in [0.15, 0.2) is 5.13 Å². The summed E-state index contributed by atoms with van der Waals surface area (Å²) in [5.41, 5.74) is 1.17. The largest absolute Gasteiger partial charge is 0.492 e. The number of piperazine rings is 1. The highest BCUT2D eigenvalue weighted by molar-refractivity contribution is 7.13. The number of nitrogens with zero attached hydrogens (tertiary/aromatic N) is 3. The first kappa shape index (κ1) is 17.8. The molecule has 1 aromatic carbocycles. The predicted octanol–water partition coefficient (Wildman–Crippen LogP) is 2.09. The average Bonchev–Trinajstić information content (AvgIpc) is 3.11. The lowest BCUT2D eigenvalue weighted by atomic mass is 10.2. The number of rotatable bonds is 7. The van der Waals surface area contributed by atoms with Crippen LogP contribution < -0.4 is 10.1 Å². The van der Waals surface area contributed by atoms with Crippen LogP contribution in [-0.2, 0) is 4.79 Å². The molecule has 0 radical (unpaired) electrons. The van der Waals surface area contributed by atoms with Crippen LogP contribution in [0.3, 0.4) is 0 Å². The number of ether oxygens (including phenoxy) is 1. The van der Waals surface area contributed by atoms with E-state index in [0.717, 1.165) is 38.5 Å². The first-order valence-electron chi connectivity index (χ1n) is 8.53. The summed E-state index contributed by atoms with van der Waals surface area (Å²) in [5.74, 6) is 0.964. The molecule has 0 unspecified atom stereocenters. The molecule has 0 atom stereocenters. The SMILES string of the molecule is Cc1ccccc1OCCN1CCN(CC(=O)Nc2nccs2)CC1. The maximum absolute atomic E-state index is 12.0. The Morgan fingerprint density at radius 1 is 1.24 bits per heavy atom. The minimum Gasteiger partial charge on any atom is -0.492 e. The molecule has 1 N–H and O–H groups in total. The van der Waals surface area contributed by atoms with Crippen molar-refractivity contribution in [1.82, 2.24) is 14.8 Å². The number of aryl methyl sites for hydroxylation is 1. The third-order valence-corrected chi connectivity index (χ3v) is 4.96. The van der Waals surface area contributed by atoms with Crippen molar-refractivity contribution < 1.29 is 9.53 Å². The van der Waals surface area contributed by atoms with Gasteiger partial charge in [-0.05, 0) is 18.6 Å². The number of aromatic nitrogens is 1. The van der Waals surface area contributed by atoms with Gasteiger partial charge < -0.3 is 10.1 Å². The highest BCUT2D eigenvalue weighted by Crippen LogP contribution is 2.16. The van der Waals surface area contributed by atoms with Gasteiger partial charge in [-0.2, -0.15) is 0 Å². The molecular weight excluding hydrogens is 336 g/mol. The zero-order chi connectivity index (χ0) is 17.5. The second kappa shape index (κ2) is 8.94. The summed E-state index contributed by atoms with van der Waals surface area (Å²) in [5, 5.41) is 5.35. The maximum atomic E-state index is 12.0. The minimum atomic E-state index is 0.00582. The predicted molar refractivity (Wildman–Crippen MR) is 100 cm³/mol. The number of carbonyl (C=O) groups excluding carboxylic acids is 1. The van der Waals surface area contributed by atoms with Crippen LogP contribution >= 0.6 is 11.3 Å². The third kappa shape index (κ3) is 5.52. The summed E-state index contributed by atoms with van der Waals surface area (Å²) < 4.78 is 5.86. The first-order chi connectivity index (χ1) is 12.2. The number of para-hydroxylation sites is 1. The Bertz CT molecular complexity index is 669. The van der Waals surface area contributed by atoms with Gasteiger partial charge in [-0.3, -0.25) is 14.6 Å². The van der Waals surface area contributed by atoms with Gasteiger partial charge in [-0.15, -0.1) is 11.3 Å². The van der Waals surface area contributed by atoms with Gasteiger partial charge >= 0.3 is 0 Å². The number of amides is 1. The van der Waals surface area contributed by atoms with E-state index in [1.165, 1.54) is 16.9 Å². The van der Waals surface area contributed by atoms with Gasteiger partial charge in [0.1, 0.15) is 12.4 Å². The Hall–Kier alpha value is -1.96. The summed E-state index contributed by atoms with van der Waals surface area (Å²) in [4.78, 5) is 20.6. The lowest BCUT2D eigenvalue weighted by molar-refractivity contribution is -0.117. The van der Waals surface area contributed by atoms with Crippen LogP contribution in [0, 0.1) is 6.92 Å². The van der Waals surface area contributed by atoms with Crippen molar-refractivity contribution in [3.63, 3.8) is 0 Å². The van der Waals surface area contributed by atoms with E-state index in [1.54, 1.807) is 6.20 Å². The monoisotopic (exact) mass is 360 g/mol. The van der Waals surface area contributed by atoms with Crippen molar-refractivity contribution in [2.75, 3.05) is 51.2 Å². The fraction of sp³-hybridized carbons (Fsp3) is 0.444. The van der Waals surface area contributed by atoms with Crippen LogP contribution in [0.25, 0.3) is 0 Å². The van der Waals surface area contributed by atoms with E-state index in [1.807, 2.05) is 23.6 Å². The molecule has 7 heteroatoms. The van der Waals surface area contributed by atoms with E-state index in [9.17, 15) is 4.79 Å². The van der Waals surface area contributed by atoms with Gasteiger partial charge in [-0.1, -0.05) is 18.2 Å². The minimum absolute atomic E-state index is 0.00582. The number of nitrogens with one attached hydrogen (secondary N) is 1. The van der Waals surface area contributed by atoms with Gasteiger partial charge in [0.25, 0.3) is 0 Å². The lowest BCUT2D eigenvalue weighted by Gasteiger charge is -2.34. The second-order valence-corrected chi connectivity index (χ2v) is 7.01. The quantitative estimate of drug-likeness (QED) is 0.819. The Labute approximate surface area is 152 Å². The highest BCUT2D eigenvalue weighted by Gasteiger charge is 2.19. The maximum Gasteiger partial charge on any atom is 0.240 e. The third-order valence-electron chi connectivity index (χ3n) is 4.27.